The predicted octanol–water partition coefficient (Wildman–Crippen LogP) is 1.46. The Bertz CT molecular complexity index is 695. The molecule has 0 saturated carbocycles. The minimum absolute atomic E-state index is 0.225. The molecule has 1 saturated heterocycles. The maximum Gasteiger partial charge on any atom is 0.250 e. The quantitative estimate of drug-likeness (QED) is 0.891. The lowest BCUT2D eigenvalue weighted by Crippen LogP contribution is -2.55. The van der Waals surface area contributed by atoms with Gasteiger partial charge in [0.1, 0.15) is 5.69 Å². The first kappa shape index (κ1) is 15.7. The van der Waals surface area contributed by atoms with Crippen LogP contribution >= 0.6 is 0 Å². The fraction of sp³-hybridized carbons (Fsp3) is 0.412. The van der Waals surface area contributed by atoms with Crippen molar-refractivity contribution in [2.24, 2.45) is 5.73 Å². The van der Waals surface area contributed by atoms with E-state index in [1.807, 2.05) is 42.2 Å². The molecule has 3 rings (SSSR count). The van der Waals surface area contributed by atoms with Crippen LogP contribution in [0.4, 0.5) is 0 Å². The molecule has 1 amide bonds. The average Bonchev–Trinajstić information content (AvgIpc) is 2.96. The number of aromatic nitrogens is 1. The van der Waals surface area contributed by atoms with Crippen molar-refractivity contribution < 1.29 is 14.4 Å². The Balaban J connectivity index is 1.69. The summed E-state index contributed by atoms with van der Waals surface area (Å²) < 4.78 is 5.39. The lowest BCUT2D eigenvalue weighted by atomic mass is 9.92. The lowest BCUT2D eigenvalue weighted by molar-refractivity contribution is -0.142. The van der Waals surface area contributed by atoms with Crippen LogP contribution in [0.2, 0.25) is 0 Å². The smallest absolute Gasteiger partial charge is 0.250 e. The molecule has 0 radical (unpaired) electrons. The van der Waals surface area contributed by atoms with Crippen molar-refractivity contribution in [1.82, 2.24) is 10.1 Å². The van der Waals surface area contributed by atoms with E-state index in [4.69, 9.17) is 10.3 Å². The molecule has 1 atom stereocenters. The highest BCUT2D eigenvalue weighted by Crippen LogP contribution is 2.24. The van der Waals surface area contributed by atoms with Gasteiger partial charge in [-0.15, -0.1) is 0 Å². The van der Waals surface area contributed by atoms with Crippen molar-refractivity contribution in [2.45, 2.75) is 31.9 Å². The van der Waals surface area contributed by atoms with Gasteiger partial charge in [-0.1, -0.05) is 35.0 Å². The van der Waals surface area contributed by atoms with Crippen molar-refractivity contribution in [3.63, 3.8) is 0 Å². The van der Waals surface area contributed by atoms with Gasteiger partial charge in [-0.25, -0.2) is 0 Å². The zero-order valence-electron chi connectivity index (χ0n) is 13.2. The Labute approximate surface area is 134 Å². The molecule has 0 unspecified atom stereocenters. The third kappa shape index (κ3) is 3.43. The van der Waals surface area contributed by atoms with Gasteiger partial charge in [0.25, 0.3) is 5.91 Å². The number of amides is 1. The summed E-state index contributed by atoms with van der Waals surface area (Å²) in [6, 6.07) is 9.96. The van der Waals surface area contributed by atoms with Gasteiger partial charge in [-0.3, -0.25) is 9.69 Å². The largest absolute Gasteiger partial charge is 0.379 e. The molecule has 1 aliphatic rings. The molecule has 1 fully saturated rings. The van der Waals surface area contributed by atoms with Crippen LogP contribution in [-0.2, 0) is 11.3 Å². The maximum absolute atomic E-state index is 11.4. The summed E-state index contributed by atoms with van der Waals surface area (Å²) in [5.41, 5.74) is 6.82. The fourth-order valence-corrected chi connectivity index (χ4v) is 2.93. The molecule has 1 aromatic heterocycles. The van der Waals surface area contributed by atoms with Crippen LogP contribution in [-0.4, -0.2) is 39.8 Å². The number of aryl methyl sites for hydroxylation is 1. The Kier molecular flexibility index (Phi) is 4.19. The first-order chi connectivity index (χ1) is 11.0. The van der Waals surface area contributed by atoms with Crippen molar-refractivity contribution in [3.05, 3.63) is 41.7 Å². The molecule has 0 spiro atoms. The molecule has 2 aromatic rings. The molecule has 23 heavy (non-hydrogen) atoms. The number of hydrogen-bond acceptors (Lipinski definition) is 5. The summed E-state index contributed by atoms with van der Waals surface area (Å²) in [7, 11) is 0. The summed E-state index contributed by atoms with van der Waals surface area (Å²) in [5, 5.41) is 14.3. The van der Waals surface area contributed by atoms with E-state index in [0.29, 0.717) is 18.7 Å². The number of nitrogens with zero attached hydrogens (tertiary/aromatic N) is 2. The van der Waals surface area contributed by atoms with E-state index in [1.54, 1.807) is 0 Å². The number of rotatable bonds is 4. The van der Waals surface area contributed by atoms with E-state index in [9.17, 15) is 9.90 Å². The molecule has 122 valence electrons. The van der Waals surface area contributed by atoms with Crippen LogP contribution < -0.4 is 5.73 Å². The van der Waals surface area contributed by atoms with Gasteiger partial charge in [0.2, 0.25) is 0 Å². The second-order valence-electron chi connectivity index (χ2n) is 6.25. The minimum atomic E-state index is -1.45. The number of hydrogen-bond donors (Lipinski definition) is 2. The van der Waals surface area contributed by atoms with Gasteiger partial charge in [0.05, 0.1) is 6.54 Å². The predicted molar refractivity (Wildman–Crippen MR) is 85.3 cm³/mol. The SMILES string of the molecule is Cc1ccc(-c2cc(CN3CCC[C@@](O)(C(N)=O)C3)on2)cc1. The summed E-state index contributed by atoms with van der Waals surface area (Å²) in [6.45, 7) is 3.54. The zero-order valence-corrected chi connectivity index (χ0v) is 13.2. The minimum Gasteiger partial charge on any atom is -0.379 e. The van der Waals surface area contributed by atoms with Gasteiger partial charge >= 0.3 is 0 Å². The zero-order chi connectivity index (χ0) is 16.4. The summed E-state index contributed by atoms with van der Waals surface area (Å²) in [4.78, 5) is 13.4. The Morgan fingerprint density at radius 1 is 1.43 bits per heavy atom. The van der Waals surface area contributed by atoms with Crippen LogP contribution in [0.25, 0.3) is 11.3 Å². The van der Waals surface area contributed by atoms with Crippen LogP contribution in [0.5, 0.6) is 0 Å². The van der Waals surface area contributed by atoms with Gasteiger partial charge in [0.15, 0.2) is 11.4 Å². The Morgan fingerprint density at radius 3 is 2.87 bits per heavy atom. The Hall–Kier alpha value is -2.18. The van der Waals surface area contributed by atoms with Crippen molar-refractivity contribution in [3.8, 4) is 11.3 Å². The third-order valence-electron chi connectivity index (χ3n) is 4.29. The maximum atomic E-state index is 11.4. The van der Waals surface area contributed by atoms with E-state index in [1.165, 1.54) is 5.56 Å². The van der Waals surface area contributed by atoms with Crippen molar-refractivity contribution >= 4 is 5.91 Å². The molecule has 1 aliphatic heterocycles. The molecule has 2 heterocycles. The highest BCUT2D eigenvalue weighted by atomic mass is 16.5. The monoisotopic (exact) mass is 315 g/mol. The molecule has 3 N–H and O–H groups in total. The lowest BCUT2D eigenvalue weighted by Gasteiger charge is -2.36. The number of aliphatic hydroxyl groups is 1. The van der Waals surface area contributed by atoms with Crippen LogP contribution in [0, 0.1) is 6.92 Å². The number of primary amides is 1. The Morgan fingerprint density at radius 2 is 2.17 bits per heavy atom. The highest BCUT2D eigenvalue weighted by Gasteiger charge is 2.38. The molecular formula is C17H21N3O3. The molecule has 6 nitrogen and oxygen atoms in total. The number of nitrogens with two attached hydrogens (primary N) is 1. The third-order valence-corrected chi connectivity index (χ3v) is 4.29. The fourth-order valence-electron chi connectivity index (χ4n) is 2.93. The van der Waals surface area contributed by atoms with E-state index in [-0.39, 0.29) is 6.54 Å². The van der Waals surface area contributed by atoms with Gasteiger partial charge in [0, 0.05) is 18.2 Å². The summed E-state index contributed by atoms with van der Waals surface area (Å²) in [6.07, 6.45) is 1.13. The highest BCUT2D eigenvalue weighted by molar-refractivity contribution is 5.83. The van der Waals surface area contributed by atoms with Gasteiger partial charge < -0.3 is 15.4 Å². The molecule has 0 bridgehead atoms. The number of benzene rings is 1. The molecule has 0 aliphatic carbocycles. The van der Waals surface area contributed by atoms with E-state index in [2.05, 4.69) is 5.16 Å². The second kappa shape index (κ2) is 6.14. The average molecular weight is 315 g/mol. The number of likely N-dealkylation sites (tertiary alicyclic amines) is 1. The molecule has 6 heteroatoms. The van der Waals surface area contributed by atoms with E-state index in [0.717, 1.165) is 24.2 Å². The second-order valence-corrected chi connectivity index (χ2v) is 6.25. The normalized spacial score (nSPS) is 22.2. The topological polar surface area (TPSA) is 92.6 Å². The van der Waals surface area contributed by atoms with E-state index < -0.39 is 11.5 Å². The van der Waals surface area contributed by atoms with Gasteiger partial charge in [-0.05, 0) is 26.3 Å². The number of piperidine rings is 1. The van der Waals surface area contributed by atoms with E-state index >= 15 is 0 Å². The van der Waals surface area contributed by atoms with Crippen LogP contribution in [0.1, 0.15) is 24.2 Å². The summed E-state index contributed by atoms with van der Waals surface area (Å²) in [5.74, 6) is 0.0365. The number of carbonyl (C=O) groups excluding carboxylic acids is 1. The number of carbonyl (C=O) groups is 1. The summed E-state index contributed by atoms with van der Waals surface area (Å²) >= 11 is 0. The molecule has 1 aromatic carbocycles. The number of β-amino-alcohol motifs (C(OH)–C–C–N with tert-alkyl or cyclic N) is 1. The van der Waals surface area contributed by atoms with Crippen LogP contribution in [0.3, 0.4) is 0 Å². The van der Waals surface area contributed by atoms with Crippen LogP contribution in [0.15, 0.2) is 34.9 Å². The van der Waals surface area contributed by atoms with Gasteiger partial charge in [-0.2, -0.15) is 0 Å². The standard InChI is InChI=1S/C17H21N3O3/c1-12-3-5-13(6-4-12)15-9-14(23-19-15)10-20-8-2-7-17(22,11-20)16(18)21/h3-6,9,22H,2,7-8,10-11H2,1H3,(H2,18,21)/t17-/m0/s1. The van der Waals surface area contributed by atoms with Crippen molar-refractivity contribution in [1.29, 1.82) is 0 Å². The first-order valence-electron chi connectivity index (χ1n) is 7.73. The molecular weight excluding hydrogens is 294 g/mol. The van der Waals surface area contributed by atoms with Crippen molar-refractivity contribution in [2.75, 3.05) is 13.1 Å². The first-order valence-corrected chi connectivity index (χ1v) is 7.73.